The van der Waals surface area contributed by atoms with Crippen molar-refractivity contribution in [2.75, 3.05) is 19.6 Å². The maximum atomic E-state index is 6.18. The van der Waals surface area contributed by atoms with Gasteiger partial charge in [0.1, 0.15) is 0 Å². The predicted octanol–water partition coefficient (Wildman–Crippen LogP) is 2.02. The Morgan fingerprint density at radius 3 is 2.65 bits per heavy atom. The lowest BCUT2D eigenvalue weighted by atomic mass is 10.1. The number of hydrogen-bond donors (Lipinski definition) is 1. The Balaban J connectivity index is 2.42. The first-order valence-corrected chi connectivity index (χ1v) is 6.71. The van der Waals surface area contributed by atoms with Crippen molar-refractivity contribution in [3.05, 3.63) is 18.0 Å². The molecule has 4 heteroatoms. The van der Waals surface area contributed by atoms with Crippen molar-refractivity contribution in [2.24, 2.45) is 5.73 Å². The van der Waals surface area contributed by atoms with Gasteiger partial charge in [-0.3, -0.25) is 4.68 Å². The molecule has 1 unspecified atom stereocenters. The lowest BCUT2D eigenvalue weighted by Gasteiger charge is -2.19. The van der Waals surface area contributed by atoms with Crippen LogP contribution in [0.15, 0.2) is 12.4 Å². The molecule has 98 valence electrons. The molecule has 0 aromatic carbocycles. The van der Waals surface area contributed by atoms with E-state index in [9.17, 15) is 0 Å². The highest BCUT2D eigenvalue weighted by atomic mass is 15.3. The van der Waals surface area contributed by atoms with Crippen LogP contribution in [0.25, 0.3) is 0 Å². The number of rotatable bonds is 8. The van der Waals surface area contributed by atoms with Crippen LogP contribution in [0.3, 0.4) is 0 Å². The van der Waals surface area contributed by atoms with Crippen molar-refractivity contribution in [1.82, 2.24) is 14.7 Å². The number of nitrogens with two attached hydrogens (primary N) is 1. The zero-order valence-electron chi connectivity index (χ0n) is 11.4. The third kappa shape index (κ3) is 4.48. The van der Waals surface area contributed by atoms with E-state index in [2.05, 4.69) is 37.0 Å². The quantitative estimate of drug-likeness (QED) is 0.754. The number of aryl methyl sites for hydroxylation is 1. The number of nitrogens with zero attached hydrogens (tertiary/aromatic N) is 3. The van der Waals surface area contributed by atoms with Gasteiger partial charge in [0.15, 0.2) is 0 Å². The Bertz CT molecular complexity index is 304. The van der Waals surface area contributed by atoms with E-state index in [0.717, 1.165) is 44.6 Å². The molecule has 0 saturated heterocycles. The van der Waals surface area contributed by atoms with Crippen LogP contribution in [-0.4, -0.2) is 34.3 Å². The molecule has 0 radical (unpaired) electrons. The summed E-state index contributed by atoms with van der Waals surface area (Å²) in [6.45, 7) is 10.8. The van der Waals surface area contributed by atoms with Crippen LogP contribution >= 0.6 is 0 Å². The van der Waals surface area contributed by atoms with Crippen LogP contribution in [0.1, 0.15) is 45.2 Å². The first-order valence-electron chi connectivity index (χ1n) is 6.71. The summed E-state index contributed by atoms with van der Waals surface area (Å²) in [4.78, 5) is 2.40. The smallest absolute Gasteiger partial charge is 0.0537 e. The Hall–Kier alpha value is -0.870. The molecule has 1 aromatic heterocycles. The molecule has 4 nitrogen and oxygen atoms in total. The van der Waals surface area contributed by atoms with Crippen LogP contribution < -0.4 is 5.73 Å². The van der Waals surface area contributed by atoms with Gasteiger partial charge in [0.2, 0.25) is 0 Å². The van der Waals surface area contributed by atoms with E-state index in [4.69, 9.17) is 5.73 Å². The monoisotopic (exact) mass is 238 g/mol. The molecule has 0 aliphatic heterocycles. The topological polar surface area (TPSA) is 47.1 Å². The maximum Gasteiger partial charge on any atom is 0.0537 e. The summed E-state index contributed by atoms with van der Waals surface area (Å²) in [6.07, 6.45) is 6.09. The fourth-order valence-corrected chi connectivity index (χ4v) is 1.95. The summed E-state index contributed by atoms with van der Waals surface area (Å²) in [5, 5.41) is 4.32. The molecule has 0 spiro atoms. The standard InChI is InChI=1S/C13H26N4/c1-4-8-17-11-12(10-15-17)13(14)7-9-16(5-2)6-3/h10-11,13H,4-9,14H2,1-3H3. The molecule has 0 saturated carbocycles. The molecule has 0 fully saturated rings. The molecule has 0 amide bonds. The van der Waals surface area contributed by atoms with Crippen molar-refractivity contribution in [3.8, 4) is 0 Å². The Kier molecular flexibility index (Phi) is 6.22. The van der Waals surface area contributed by atoms with Crippen molar-refractivity contribution < 1.29 is 0 Å². The molecule has 1 heterocycles. The van der Waals surface area contributed by atoms with E-state index in [1.807, 2.05) is 10.9 Å². The summed E-state index contributed by atoms with van der Waals surface area (Å²) in [7, 11) is 0. The van der Waals surface area contributed by atoms with Gasteiger partial charge in [0, 0.05) is 24.3 Å². The van der Waals surface area contributed by atoms with Gasteiger partial charge in [-0.05, 0) is 32.5 Å². The van der Waals surface area contributed by atoms with Crippen molar-refractivity contribution >= 4 is 0 Å². The molecule has 1 atom stereocenters. The lowest BCUT2D eigenvalue weighted by molar-refractivity contribution is 0.291. The Morgan fingerprint density at radius 1 is 1.35 bits per heavy atom. The van der Waals surface area contributed by atoms with Gasteiger partial charge in [0.05, 0.1) is 6.20 Å². The first kappa shape index (κ1) is 14.2. The van der Waals surface area contributed by atoms with Gasteiger partial charge in [-0.1, -0.05) is 20.8 Å². The molecular formula is C13H26N4. The minimum Gasteiger partial charge on any atom is -0.324 e. The van der Waals surface area contributed by atoms with Crippen molar-refractivity contribution in [2.45, 2.75) is 46.2 Å². The molecule has 1 aromatic rings. The van der Waals surface area contributed by atoms with E-state index < -0.39 is 0 Å². The Morgan fingerprint density at radius 2 is 2.06 bits per heavy atom. The van der Waals surface area contributed by atoms with E-state index in [-0.39, 0.29) is 6.04 Å². The van der Waals surface area contributed by atoms with E-state index in [0.29, 0.717) is 0 Å². The summed E-state index contributed by atoms with van der Waals surface area (Å²) in [6, 6.07) is 0.112. The lowest BCUT2D eigenvalue weighted by Crippen LogP contribution is -2.26. The average molecular weight is 238 g/mol. The normalized spacial score (nSPS) is 13.2. The highest BCUT2D eigenvalue weighted by Crippen LogP contribution is 2.13. The van der Waals surface area contributed by atoms with Crippen molar-refractivity contribution in [3.63, 3.8) is 0 Å². The van der Waals surface area contributed by atoms with Crippen LogP contribution in [0.5, 0.6) is 0 Å². The number of hydrogen-bond acceptors (Lipinski definition) is 3. The first-order chi connectivity index (χ1) is 8.21. The summed E-state index contributed by atoms with van der Waals surface area (Å²) < 4.78 is 1.98. The van der Waals surface area contributed by atoms with Gasteiger partial charge in [-0.15, -0.1) is 0 Å². The third-order valence-electron chi connectivity index (χ3n) is 3.18. The second kappa shape index (κ2) is 7.45. The maximum absolute atomic E-state index is 6.18. The third-order valence-corrected chi connectivity index (χ3v) is 3.18. The van der Waals surface area contributed by atoms with E-state index in [1.54, 1.807) is 0 Å². The summed E-state index contributed by atoms with van der Waals surface area (Å²) in [5.41, 5.74) is 7.34. The molecule has 0 aliphatic rings. The minimum absolute atomic E-state index is 0.112. The van der Waals surface area contributed by atoms with Gasteiger partial charge in [-0.25, -0.2) is 0 Å². The highest BCUT2D eigenvalue weighted by molar-refractivity contribution is 5.09. The SMILES string of the molecule is CCCn1cc(C(N)CCN(CC)CC)cn1. The fraction of sp³-hybridized carbons (Fsp3) is 0.769. The molecule has 1 rings (SSSR count). The molecule has 17 heavy (non-hydrogen) atoms. The summed E-state index contributed by atoms with van der Waals surface area (Å²) in [5.74, 6) is 0. The molecule has 0 bridgehead atoms. The molecular weight excluding hydrogens is 212 g/mol. The van der Waals surface area contributed by atoms with Crippen LogP contribution in [0, 0.1) is 0 Å². The largest absolute Gasteiger partial charge is 0.324 e. The molecule has 2 N–H and O–H groups in total. The average Bonchev–Trinajstić information content (AvgIpc) is 2.79. The van der Waals surface area contributed by atoms with Gasteiger partial charge in [-0.2, -0.15) is 5.10 Å². The van der Waals surface area contributed by atoms with Gasteiger partial charge >= 0.3 is 0 Å². The summed E-state index contributed by atoms with van der Waals surface area (Å²) >= 11 is 0. The zero-order chi connectivity index (χ0) is 12.7. The van der Waals surface area contributed by atoms with E-state index >= 15 is 0 Å². The van der Waals surface area contributed by atoms with Crippen molar-refractivity contribution in [1.29, 1.82) is 0 Å². The Labute approximate surface area is 105 Å². The highest BCUT2D eigenvalue weighted by Gasteiger charge is 2.10. The van der Waals surface area contributed by atoms with Crippen LogP contribution in [0.2, 0.25) is 0 Å². The number of aromatic nitrogens is 2. The predicted molar refractivity (Wildman–Crippen MR) is 71.9 cm³/mol. The molecule has 0 aliphatic carbocycles. The van der Waals surface area contributed by atoms with Gasteiger partial charge in [0.25, 0.3) is 0 Å². The van der Waals surface area contributed by atoms with Gasteiger partial charge < -0.3 is 10.6 Å². The minimum atomic E-state index is 0.112. The fourth-order valence-electron chi connectivity index (χ4n) is 1.95. The van der Waals surface area contributed by atoms with E-state index in [1.165, 1.54) is 0 Å². The van der Waals surface area contributed by atoms with Crippen LogP contribution in [-0.2, 0) is 6.54 Å². The second-order valence-electron chi connectivity index (χ2n) is 4.46. The second-order valence-corrected chi connectivity index (χ2v) is 4.46. The van der Waals surface area contributed by atoms with Crippen LogP contribution in [0.4, 0.5) is 0 Å². The zero-order valence-corrected chi connectivity index (χ0v) is 11.4.